The van der Waals surface area contributed by atoms with E-state index in [2.05, 4.69) is 4.98 Å². The lowest BCUT2D eigenvalue weighted by Crippen LogP contribution is -2.00. The molecule has 23 heavy (non-hydrogen) atoms. The lowest BCUT2D eigenvalue weighted by molar-refractivity contribution is 0.306. The van der Waals surface area contributed by atoms with Crippen molar-refractivity contribution < 1.29 is 4.74 Å². The van der Waals surface area contributed by atoms with Crippen LogP contribution >= 0.6 is 35.0 Å². The molecule has 1 heterocycles. The molecular weight excluding hydrogens is 351 g/mol. The van der Waals surface area contributed by atoms with Gasteiger partial charge in [-0.2, -0.15) is 0 Å². The predicted molar refractivity (Wildman–Crippen MR) is 96.1 cm³/mol. The number of nitrogens with zero attached hydrogens (tertiary/aromatic N) is 2. The van der Waals surface area contributed by atoms with Crippen molar-refractivity contribution >= 4 is 35.0 Å². The summed E-state index contributed by atoms with van der Waals surface area (Å²) in [4.78, 5) is 4.29. The Morgan fingerprint density at radius 1 is 1.13 bits per heavy atom. The second-order valence-corrected chi connectivity index (χ2v) is 6.38. The van der Waals surface area contributed by atoms with Crippen LogP contribution in [0.4, 0.5) is 0 Å². The molecule has 1 aromatic heterocycles. The Labute approximate surface area is 149 Å². The van der Waals surface area contributed by atoms with Crippen molar-refractivity contribution in [3.8, 4) is 11.4 Å². The molecule has 3 nitrogen and oxygen atoms in total. The van der Waals surface area contributed by atoms with Gasteiger partial charge in [0.2, 0.25) is 0 Å². The normalized spacial score (nSPS) is 10.7. The second-order valence-electron chi connectivity index (χ2n) is 4.79. The van der Waals surface area contributed by atoms with Crippen LogP contribution in [0.5, 0.6) is 5.75 Å². The maximum atomic E-state index is 6.34. The van der Waals surface area contributed by atoms with Gasteiger partial charge in [0.25, 0.3) is 0 Å². The number of benzene rings is 2. The van der Waals surface area contributed by atoms with Gasteiger partial charge in [0.05, 0.1) is 15.7 Å². The predicted octanol–water partition coefficient (Wildman–Crippen LogP) is 5.48. The molecule has 0 fully saturated rings. The third kappa shape index (κ3) is 3.66. The quantitative estimate of drug-likeness (QED) is 0.560. The van der Waals surface area contributed by atoms with Crippen LogP contribution in [0.25, 0.3) is 5.69 Å². The molecule has 0 saturated carbocycles. The third-order valence-electron chi connectivity index (χ3n) is 3.29. The Hall–Kier alpha value is -1.62. The first-order valence-corrected chi connectivity index (χ1v) is 8.90. The van der Waals surface area contributed by atoms with Crippen molar-refractivity contribution in [1.29, 1.82) is 0 Å². The van der Waals surface area contributed by atoms with E-state index in [9.17, 15) is 0 Å². The van der Waals surface area contributed by atoms with Crippen molar-refractivity contribution in [2.75, 3.05) is 6.26 Å². The zero-order valence-electron chi connectivity index (χ0n) is 12.4. The fourth-order valence-corrected chi connectivity index (χ4v) is 3.22. The van der Waals surface area contributed by atoms with Gasteiger partial charge >= 0.3 is 0 Å². The minimum absolute atomic E-state index is 0.445. The fourth-order valence-electron chi connectivity index (χ4n) is 2.17. The highest BCUT2D eigenvalue weighted by Crippen LogP contribution is 2.35. The van der Waals surface area contributed by atoms with E-state index >= 15 is 0 Å². The summed E-state index contributed by atoms with van der Waals surface area (Å²) in [7, 11) is 0. The number of ether oxygens (including phenoxy) is 1. The molecule has 0 aliphatic heterocycles. The minimum atomic E-state index is 0.445. The minimum Gasteiger partial charge on any atom is -0.487 e. The number of aromatic nitrogens is 2. The number of halogens is 2. The molecule has 3 aromatic rings. The molecule has 0 unspecified atom stereocenters. The first kappa shape index (κ1) is 16.2. The van der Waals surface area contributed by atoms with Gasteiger partial charge in [-0.3, -0.25) is 4.57 Å². The van der Waals surface area contributed by atoms with E-state index in [1.165, 1.54) is 0 Å². The van der Waals surface area contributed by atoms with Gasteiger partial charge < -0.3 is 4.74 Å². The van der Waals surface area contributed by atoms with E-state index in [-0.39, 0.29) is 0 Å². The number of hydrogen-bond donors (Lipinski definition) is 0. The SMILES string of the molecule is CSc1nccn1-c1cc(OCc2ccccc2)c(Cl)cc1Cl. The summed E-state index contributed by atoms with van der Waals surface area (Å²) >= 11 is 14.1. The van der Waals surface area contributed by atoms with Crippen molar-refractivity contribution in [2.45, 2.75) is 11.8 Å². The molecule has 0 atom stereocenters. The van der Waals surface area contributed by atoms with Crippen molar-refractivity contribution in [3.63, 3.8) is 0 Å². The third-order valence-corrected chi connectivity index (χ3v) is 4.55. The molecule has 3 rings (SSSR count). The molecule has 2 aromatic carbocycles. The molecular formula is C17H14Cl2N2OS. The van der Waals surface area contributed by atoms with Crippen LogP contribution in [0, 0.1) is 0 Å². The summed E-state index contributed by atoms with van der Waals surface area (Å²) < 4.78 is 7.77. The van der Waals surface area contributed by atoms with Gasteiger partial charge in [0.15, 0.2) is 5.16 Å². The van der Waals surface area contributed by atoms with Crippen LogP contribution in [0.2, 0.25) is 10.0 Å². The van der Waals surface area contributed by atoms with Crippen LogP contribution in [-0.4, -0.2) is 15.8 Å². The molecule has 0 spiro atoms. The van der Waals surface area contributed by atoms with Gasteiger partial charge in [-0.1, -0.05) is 65.3 Å². The lowest BCUT2D eigenvalue weighted by atomic mass is 10.2. The largest absolute Gasteiger partial charge is 0.487 e. The molecule has 0 bridgehead atoms. The molecule has 0 saturated heterocycles. The summed E-state index contributed by atoms with van der Waals surface area (Å²) in [6.07, 6.45) is 5.57. The average molecular weight is 365 g/mol. The summed E-state index contributed by atoms with van der Waals surface area (Å²) in [5.74, 6) is 0.593. The van der Waals surface area contributed by atoms with E-state index < -0.39 is 0 Å². The van der Waals surface area contributed by atoms with Crippen LogP contribution in [0.15, 0.2) is 60.0 Å². The Morgan fingerprint density at radius 3 is 2.65 bits per heavy atom. The Balaban J connectivity index is 1.91. The van der Waals surface area contributed by atoms with E-state index in [4.69, 9.17) is 27.9 Å². The van der Waals surface area contributed by atoms with Gasteiger partial charge in [-0.05, 0) is 17.9 Å². The smallest absolute Gasteiger partial charge is 0.172 e. The van der Waals surface area contributed by atoms with Gasteiger partial charge in [-0.25, -0.2) is 4.98 Å². The molecule has 0 aliphatic rings. The number of imidazole rings is 1. The second kappa shape index (κ2) is 7.30. The molecule has 6 heteroatoms. The maximum absolute atomic E-state index is 6.34. The Bertz CT molecular complexity index is 806. The highest BCUT2D eigenvalue weighted by atomic mass is 35.5. The van der Waals surface area contributed by atoms with Gasteiger partial charge in [0.1, 0.15) is 12.4 Å². The molecule has 0 radical (unpaired) electrons. The van der Waals surface area contributed by atoms with Crippen LogP contribution < -0.4 is 4.74 Å². The highest BCUT2D eigenvalue weighted by Gasteiger charge is 2.13. The van der Waals surface area contributed by atoms with Crippen molar-refractivity contribution in [3.05, 3.63) is 70.5 Å². The van der Waals surface area contributed by atoms with E-state index in [1.807, 2.05) is 53.4 Å². The first-order chi connectivity index (χ1) is 11.2. The summed E-state index contributed by atoms with van der Waals surface area (Å²) in [5.41, 5.74) is 1.87. The van der Waals surface area contributed by atoms with Crippen molar-refractivity contribution in [1.82, 2.24) is 9.55 Å². The number of hydrogen-bond acceptors (Lipinski definition) is 3. The van der Waals surface area contributed by atoms with E-state index in [1.54, 1.807) is 24.0 Å². The summed E-state index contributed by atoms with van der Waals surface area (Å²) in [6, 6.07) is 13.5. The van der Waals surface area contributed by atoms with Crippen LogP contribution in [0.3, 0.4) is 0 Å². The zero-order valence-corrected chi connectivity index (χ0v) is 14.7. The zero-order chi connectivity index (χ0) is 16.2. The average Bonchev–Trinajstić information content (AvgIpc) is 3.03. The summed E-state index contributed by atoms with van der Waals surface area (Å²) in [6.45, 7) is 0.445. The molecule has 118 valence electrons. The molecule has 0 amide bonds. The van der Waals surface area contributed by atoms with Gasteiger partial charge in [-0.15, -0.1) is 0 Å². The maximum Gasteiger partial charge on any atom is 0.172 e. The standard InChI is InChI=1S/C17H14Cl2N2OS/c1-23-17-20-7-8-21(17)15-10-16(14(19)9-13(15)18)22-11-12-5-3-2-4-6-12/h2-10H,11H2,1H3. The van der Waals surface area contributed by atoms with E-state index in [0.29, 0.717) is 22.4 Å². The van der Waals surface area contributed by atoms with Crippen LogP contribution in [0.1, 0.15) is 5.56 Å². The van der Waals surface area contributed by atoms with Gasteiger partial charge in [0, 0.05) is 18.5 Å². The molecule has 0 N–H and O–H groups in total. The Kier molecular flexibility index (Phi) is 5.16. The lowest BCUT2D eigenvalue weighted by Gasteiger charge is -2.13. The van der Waals surface area contributed by atoms with Crippen LogP contribution in [-0.2, 0) is 6.61 Å². The summed E-state index contributed by atoms with van der Waals surface area (Å²) in [5, 5.41) is 1.89. The fraction of sp³-hybridized carbons (Fsp3) is 0.118. The van der Waals surface area contributed by atoms with Crippen molar-refractivity contribution in [2.24, 2.45) is 0 Å². The number of thioether (sulfide) groups is 1. The monoisotopic (exact) mass is 364 g/mol. The molecule has 0 aliphatic carbocycles. The highest BCUT2D eigenvalue weighted by molar-refractivity contribution is 7.98. The van der Waals surface area contributed by atoms with E-state index in [0.717, 1.165) is 16.4 Å². The first-order valence-electron chi connectivity index (χ1n) is 6.92. The number of rotatable bonds is 5. The topological polar surface area (TPSA) is 27.1 Å². The Morgan fingerprint density at radius 2 is 1.91 bits per heavy atom.